The van der Waals surface area contributed by atoms with Crippen molar-refractivity contribution in [2.24, 2.45) is 5.73 Å². The van der Waals surface area contributed by atoms with Gasteiger partial charge >= 0.3 is 0 Å². The Hall–Kier alpha value is -1.31. The number of carbonyl (C=O) groups is 2. The number of amides is 2. The summed E-state index contributed by atoms with van der Waals surface area (Å²) >= 11 is 3.35. The van der Waals surface area contributed by atoms with Gasteiger partial charge in [-0.3, -0.25) is 14.5 Å². The Morgan fingerprint density at radius 3 is 2.95 bits per heavy atom. The van der Waals surface area contributed by atoms with Crippen molar-refractivity contribution in [3.8, 4) is 5.75 Å². The van der Waals surface area contributed by atoms with Crippen LogP contribution in [0.1, 0.15) is 13.3 Å². The zero-order valence-electron chi connectivity index (χ0n) is 12.2. The highest BCUT2D eigenvalue weighted by Gasteiger charge is 2.27. The number of nitrogens with zero attached hydrogens (tertiary/aromatic N) is 1. The first-order chi connectivity index (χ1) is 9.97. The maximum atomic E-state index is 11.9. The Labute approximate surface area is 143 Å². The molecule has 0 aliphatic carbocycles. The van der Waals surface area contributed by atoms with Crippen molar-refractivity contribution >= 4 is 45.8 Å². The summed E-state index contributed by atoms with van der Waals surface area (Å²) in [7, 11) is 0. The molecule has 3 N–H and O–H groups in total. The summed E-state index contributed by atoms with van der Waals surface area (Å²) in [5, 5.41) is 2.76. The van der Waals surface area contributed by atoms with Gasteiger partial charge in [0.2, 0.25) is 5.91 Å². The quantitative estimate of drug-likeness (QED) is 0.794. The summed E-state index contributed by atoms with van der Waals surface area (Å²) in [5.41, 5.74) is 6.23. The predicted molar refractivity (Wildman–Crippen MR) is 90.5 cm³/mol. The summed E-state index contributed by atoms with van der Waals surface area (Å²) in [6, 6.07) is 5.38. The van der Waals surface area contributed by atoms with E-state index in [-0.39, 0.29) is 43.4 Å². The molecule has 1 atom stereocenters. The van der Waals surface area contributed by atoms with Gasteiger partial charge in [0.15, 0.2) is 6.61 Å². The first kappa shape index (κ1) is 18.7. The summed E-state index contributed by atoms with van der Waals surface area (Å²) in [4.78, 5) is 25.3. The highest BCUT2D eigenvalue weighted by molar-refractivity contribution is 9.10. The van der Waals surface area contributed by atoms with Crippen LogP contribution in [0.25, 0.3) is 0 Å². The highest BCUT2D eigenvalue weighted by atomic mass is 79.9. The molecule has 8 heteroatoms. The van der Waals surface area contributed by atoms with E-state index in [4.69, 9.17) is 10.5 Å². The van der Waals surface area contributed by atoms with Crippen LogP contribution in [0.2, 0.25) is 0 Å². The zero-order chi connectivity index (χ0) is 15.4. The van der Waals surface area contributed by atoms with E-state index in [2.05, 4.69) is 21.2 Å². The number of rotatable bonds is 5. The third-order valence-electron chi connectivity index (χ3n) is 3.09. The number of nitrogens with one attached hydrogen (secondary N) is 1. The van der Waals surface area contributed by atoms with E-state index in [1.165, 1.54) is 4.90 Å². The fourth-order valence-electron chi connectivity index (χ4n) is 1.99. The normalized spacial score (nSPS) is 14.5. The lowest BCUT2D eigenvalue weighted by Gasteiger charge is -2.29. The SMILES string of the molecule is CC(N)CCNC(=O)CN1C(=O)COc2cc(Br)ccc21.Cl. The minimum atomic E-state index is -0.229. The van der Waals surface area contributed by atoms with E-state index in [9.17, 15) is 9.59 Å². The van der Waals surface area contributed by atoms with Crippen LogP contribution in [0.3, 0.4) is 0 Å². The molecule has 0 bridgehead atoms. The Bertz CT molecular complexity index is 554. The van der Waals surface area contributed by atoms with Crippen LogP contribution >= 0.6 is 28.3 Å². The number of fused-ring (bicyclic) bond motifs is 1. The average molecular weight is 393 g/mol. The smallest absolute Gasteiger partial charge is 0.265 e. The standard InChI is InChI=1S/C14H18BrN3O3.ClH/c1-9(16)4-5-17-13(19)7-18-11-3-2-10(15)6-12(11)21-8-14(18)20;/h2-3,6,9H,4-5,7-8,16H2,1H3,(H,17,19);1H. The van der Waals surface area contributed by atoms with Gasteiger partial charge < -0.3 is 15.8 Å². The molecule has 1 unspecified atom stereocenters. The Balaban J connectivity index is 0.00000242. The number of ether oxygens (including phenoxy) is 1. The van der Waals surface area contributed by atoms with Gasteiger partial charge in [-0.2, -0.15) is 0 Å². The van der Waals surface area contributed by atoms with Crippen molar-refractivity contribution < 1.29 is 14.3 Å². The predicted octanol–water partition coefficient (Wildman–Crippen LogP) is 1.45. The van der Waals surface area contributed by atoms with E-state index in [0.717, 1.165) is 4.47 Å². The van der Waals surface area contributed by atoms with Crippen LogP contribution < -0.4 is 20.7 Å². The Kier molecular flexibility index (Phi) is 7.12. The summed E-state index contributed by atoms with van der Waals surface area (Å²) in [6.45, 7) is 2.31. The van der Waals surface area contributed by atoms with Crippen LogP contribution in [0.5, 0.6) is 5.75 Å². The van der Waals surface area contributed by atoms with Crippen LogP contribution in [0, 0.1) is 0 Å². The van der Waals surface area contributed by atoms with Gasteiger partial charge in [-0.05, 0) is 31.5 Å². The van der Waals surface area contributed by atoms with Crippen molar-refractivity contribution in [1.82, 2.24) is 5.32 Å². The van der Waals surface area contributed by atoms with E-state index < -0.39 is 0 Å². The van der Waals surface area contributed by atoms with Crippen molar-refractivity contribution in [2.45, 2.75) is 19.4 Å². The molecule has 0 aromatic heterocycles. The topological polar surface area (TPSA) is 84.7 Å². The molecule has 2 amide bonds. The van der Waals surface area contributed by atoms with Gasteiger partial charge in [-0.15, -0.1) is 12.4 Å². The Morgan fingerprint density at radius 1 is 1.55 bits per heavy atom. The van der Waals surface area contributed by atoms with Crippen LogP contribution in [-0.4, -0.2) is 37.6 Å². The largest absolute Gasteiger partial charge is 0.482 e. The maximum absolute atomic E-state index is 11.9. The van der Waals surface area contributed by atoms with Gasteiger partial charge in [-0.1, -0.05) is 15.9 Å². The molecule has 1 aliphatic heterocycles. The summed E-state index contributed by atoms with van der Waals surface area (Å²) in [5.74, 6) is 0.152. The van der Waals surface area contributed by atoms with Crippen LogP contribution in [0.15, 0.2) is 22.7 Å². The third kappa shape index (κ3) is 4.86. The minimum Gasteiger partial charge on any atom is -0.482 e. The molecule has 0 fully saturated rings. The second-order valence-electron chi connectivity index (χ2n) is 5.00. The van der Waals surface area contributed by atoms with Gasteiger partial charge in [0.1, 0.15) is 12.3 Å². The lowest BCUT2D eigenvalue weighted by Crippen LogP contribution is -2.45. The van der Waals surface area contributed by atoms with Gasteiger partial charge in [-0.25, -0.2) is 0 Å². The molecular formula is C14H19BrClN3O3. The molecule has 1 heterocycles. The molecule has 0 saturated heterocycles. The highest BCUT2D eigenvalue weighted by Crippen LogP contribution is 2.34. The number of benzene rings is 1. The molecule has 0 saturated carbocycles. The second-order valence-corrected chi connectivity index (χ2v) is 5.91. The molecule has 1 aromatic rings. The number of halogens is 2. The number of anilines is 1. The first-order valence-electron chi connectivity index (χ1n) is 6.72. The zero-order valence-corrected chi connectivity index (χ0v) is 14.6. The average Bonchev–Trinajstić information content (AvgIpc) is 2.41. The first-order valence-corrected chi connectivity index (χ1v) is 7.51. The van der Waals surface area contributed by atoms with Gasteiger partial charge in [0, 0.05) is 17.1 Å². The molecule has 22 heavy (non-hydrogen) atoms. The van der Waals surface area contributed by atoms with Gasteiger partial charge in [0.05, 0.1) is 5.69 Å². The molecule has 0 radical (unpaired) electrons. The van der Waals surface area contributed by atoms with E-state index >= 15 is 0 Å². The summed E-state index contributed by atoms with van der Waals surface area (Å²) in [6.07, 6.45) is 0.701. The van der Waals surface area contributed by atoms with Crippen LogP contribution in [0.4, 0.5) is 5.69 Å². The Morgan fingerprint density at radius 2 is 2.27 bits per heavy atom. The van der Waals surface area contributed by atoms with E-state index in [0.29, 0.717) is 24.4 Å². The summed E-state index contributed by atoms with van der Waals surface area (Å²) < 4.78 is 6.23. The third-order valence-corrected chi connectivity index (χ3v) is 3.58. The fraction of sp³-hybridized carbons (Fsp3) is 0.429. The lowest BCUT2D eigenvalue weighted by molar-refractivity contribution is -0.125. The second kappa shape index (κ2) is 8.36. The number of hydrogen-bond donors (Lipinski definition) is 2. The molecule has 1 aliphatic rings. The van der Waals surface area contributed by atoms with Crippen LogP contribution in [-0.2, 0) is 9.59 Å². The van der Waals surface area contributed by atoms with Crippen molar-refractivity contribution in [1.29, 1.82) is 0 Å². The van der Waals surface area contributed by atoms with Crippen molar-refractivity contribution in [3.63, 3.8) is 0 Å². The number of carbonyl (C=O) groups excluding carboxylic acids is 2. The van der Waals surface area contributed by atoms with Crippen molar-refractivity contribution in [3.05, 3.63) is 22.7 Å². The molecule has 0 spiro atoms. The van der Waals surface area contributed by atoms with Gasteiger partial charge in [0.25, 0.3) is 5.91 Å². The number of nitrogens with two attached hydrogens (primary N) is 1. The molecule has 6 nitrogen and oxygen atoms in total. The molecule has 2 rings (SSSR count). The van der Waals surface area contributed by atoms with E-state index in [1.54, 1.807) is 12.1 Å². The molecule has 122 valence electrons. The lowest BCUT2D eigenvalue weighted by atomic mass is 10.2. The van der Waals surface area contributed by atoms with Crippen molar-refractivity contribution in [2.75, 3.05) is 24.6 Å². The number of hydrogen-bond acceptors (Lipinski definition) is 4. The molecular weight excluding hydrogens is 374 g/mol. The monoisotopic (exact) mass is 391 g/mol. The minimum absolute atomic E-state index is 0. The fourth-order valence-corrected chi connectivity index (χ4v) is 2.33. The maximum Gasteiger partial charge on any atom is 0.265 e. The molecule has 1 aromatic carbocycles. The van der Waals surface area contributed by atoms with E-state index in [1.807, 2.05) is 13.0 Å².